The summed E-state index contributed by atoms with van der Waals surface area (Å²) in [5.41, 5.74) is 4.35. The molecule has 1 amide bonds. The molecule has 1 saturated heterocycles. The molecule has 4 aromatic rings. The second-order valence-electron chi connectivity index (χ2n) is 8.93. The number of aromatic nitrogens is 3. The van der Waals surface area contributed by atoms with Crippen LogP contribution in [0.5, 0.6) is 11.6 Å². The number of carboxylic acid groups (broad SMARTS) is 1. The summed E-state index contributed by atoms with van der Waals surface area (Å²) in [5, 5.41) is 9.87. The number of ether oxygens (including phenoxy) is 1. The van der Waals surface area contributed by atoms with Crippen LogP contribution in [0, 0.1) is 0 Å². The fourth-order valence-electron chi connectivity index (χ4n) is 4.62. The van der Waals surface area contributed by atoms with Gasteiger partial charge in [-0.05, 0) is 61.8 Å². The topological polar surface area (TPSA) is 124 Å². The van der Waals surface area contributed by atoms with Crippen molar-refractivity contribution in [1.82, 2.24) is 19.4 Å². The molecule has 5 rings (SSSR count). The maximum absolute atomic E-state index is 14.0. The van der Waals surface area contributed by atoms with Crippen molar-refractivity contribution in [2.24, 2.45) is 5.73 Å². The second-order valence-corrected chi connectivity index (χ2v) is 8.93. The number of halogens is 3. The molecule has 9 nitrogen and oxygen atoms in total. The summed E-state index contributed by atoms with van der Waals surface area (Å²) in [6, 6.07) is 9.02. The quantitative estimate of drug-likeness (QED) is 0.358. The van der Waals surface area contributed by atoms with Gasteiger partial charge in [0.2, 0.25) is 11.8 Å². The van der Waals surface area contributed by atoms with Gasteiger partial charge in [0.15, 0.2) is 0 Å². The summed E-state index contributed by atoms with van der Waals surface area (Å²) in [6.07, 6.45) is -1.47. The molecule has 196 valence electrons. The molecule has 2 aromatic heterocycles. The number of hydrogen-bond acceptors (Lipinski definition) is 6. The second kappa shape index (κ2) is 9.78. The van der Waals surface area contributed by atoms with Gasteiger partial charge in [0.05, 0.1) is 16.8 Å². The summed E-state index contributed by atoms with van der Waals surface area (Å²) in [6.45, 7) is 2.62. The van der Waals surface area contributed by atoms with Crippen molar-refractivity contribution in [3.05, 3.63) is 71.8 Å². The fraction of sp³-hybridized carbons (Fsp3) is 0.231. The predicted octanol–water partition coefficient (Wildman–Crippen LogP) is 5.13. The maximum Gasteiger partial charge on any atom is 0.417 e. The van der Waals surface area contributed by atoms with Crippen LogP contribution < -0.4 is 10.5 Å². The minimum Gasteiger partial charge on any atom is -0.464 e. The van der Waals surface area contributed by atoms with Crippen molar-refractivity contribution < 1.29 is 32.6 Å². The first-order valence-electron chi connectivity index (χ1n) is 11.7. The Morgan fingerprint density at radius 1 is 1.03 bits per heavy atom. The van der Waals surface area contributed by atoms with Gasteiger partial charge in [0.25, 0.3) is 0 Å². The molecule has 38 heavy (non-hydrogen) atoms. The molecular formula is C26H22F3N5O4. The van der Waals surface area contributed by atoms with Crippen LogP contribution in [0.25, 0.3) is 22.0 Å². The zero-order valence-electron chi connectivity index (χ0n) is 19.9. The van der Waals surface area contributed by atoms with Gasteiger partial charge in [-0.3, -0.25) is 14.3 Å². The molecule has 3 N–H and O–H groups in total. The summed E-state index contributed by atoms with van der Waals surface area (Å²) >= 11 is 0. The zero-order chi connectivity index (χ0) is 27.0. The van der Waals surface area contributed by atoms with Gasteiger partial charge in [-0.2, -0.15) is 13.2 Å². The van der Waals surface area contributed by atoms with Crippen LogP contribution in [0.2, 0.25) is 0 Å². The lowest BCUT2D eigenvalue weighted by molar-refractivity contribution is -0.137. The molecule has 0 radical (unpaired) electrons. The number of benzene rings is 2. The molecule has 1 fully saturated rings. The summed E-state index contributed by atoms with van der Waals surface area (Å²) < 4.78 is 48.6. The van der Waals surface area contributed by atoms with Crippen LogP contribution in [0.1, 0.15) is 34.5 Å². The molecule has 0 saturated carbocycles. The number of carbonyl (C=O) groups is 2. The average molecular weight is 525 g/mol. The zero-order valence-corrected chi connectivity index (χ0v) is 19.9. The first-order valence-corrected chi connectivity index (χ1v) is 11.7. The van der Waals surface area contributed by atoms with Gasteiger partial charge in [0.1, 0.15) is 12.1 Å². The van der Waals surface area contributed by atoms with Gasteiger partial charge in [0, 0.05) is 35.3 Å². The minimum atomic E-state index is -4.83. The lowest BCUT2D eigenvalue weighted by Gasteiger charge is -2.14. The number of hydrogen-bond donors (Lipinski definition) is 2. The van der Waals surface area contributed by atoms with E-state index in [1.807, 2.05) is 0 Å². The number of primary amides is 1. The van der Waals surface area contributed by atoms with E-state index in [0.29, 0.717) is 12.6 Å². The summed E-state index contributed by atoms with van der Waals surface area (Å²) in [7, 11) is 0. The third kappa shape index (κ3) is 5.02. The number of fused-ring (bicyclic) bond motifs is 1. The van der Waals surface area contributed by atoms with E-state index >= 15 is 0 Å². The molecule has 3 heterocycles. The highest BCUT2D eigenvalue weighted by Crippen LogP contribution is 2.42. The third-order valence-corrected chi connectivity index (χ3v) is 6.39. The standard InChI is InChI=1S/C26H22F3N5O4/c27-26(28,29)21-9-15(24(30)35)3-5-18(21)20-13-34(25(36)37)22-6-4-17(11-19(20)22)38-23-10-16(31-14-32-23)12-33-7-1-2-8-33/h3-6,9-11,13-14H,1-2,7-8,12H2,(H2,30,35)(H,36,37). The molecule has 0 aliphatic carbocycles. The Morgan fingerprint density at radius 3 is 2.47 bits per heavy atom. The number of amides is 1. The number of nitrogens with two attached hydrogens (primary N) is 1. The lowest BCUT2D eigenvalue weighted by Crippen LogP contribution is -2.19. The molecular weight excluding hydrogens is 503 g/mol. The van der Waals surface area contributed by atoms with E-state index in [2.05, 4.69) is 14.9 Å². The van der Waals surface area contributed by atoms with E-state index in [1.165, 1.54) is 30.6 Å². The van der Waals surface area contributed by atoms with E-state index in [0.717, 1.165) is 48.5 Å². The lowest BCUT2D eigenvalue weighted by atomic mass is 9.96. The number of alkyl halides is 3. The number of likely N-dealkylation sites (tertiary alicyclic amines) is 1. The Balaban J connectivity index is 1.57. The SMILES string of the molecule is NC(=O)c1ccc(-c2cn(C(=O)O)c3ccc(Oc4cc(CN5CCCC5)ncn4)cc23)c(C(F)(F)F)c1. The molecule has 2 aromatic carbocycles. The Kier molecular flexibility index (Phi) is 6.49. The molecule has 1 aliphatic rings. The van der Waals surface area contributed by atoms with Crippen molar-refractivity contribution in [3.8, 4) is 22.8 Å². The van der Waals surface area contributed by atoms with Crippen molar-refractivity contribution in [1.29, 1.82) is 0 Å². The van der Waals surface area contributed by atoms with Crippen LogP contribution in [-0.2, 0) is 12.7 Å². The summed E-state index contributed by atoms with van der Waals surface area (Å²) in [5.74, 6) is -0.524. The normalized spacial score (nSPS) is 14.2. The van der Waals surface area contributed by atoms with Gasteiger partial charge < -0.3 is 15.6 Å². The van der Waals surface area contributed by atoms with Gasteiger partial charge >= 0.3 is 12.3 Å². The van der Waals surface area contributed by atoms with Crippen LogP contribution in [0.3, 0.4) is 0 Å². The Hall–Kier alpha value is -4.45. The van der Waals surface area contributed by atoms with E-state index < -0.39 is 23.7 Å². The predicted molar refractivity (Wildman–Crippen MR) is 131 cm³/mol. The van der Waals surface area contributed by atoms with E-state index in [9.17, 15) is 27.9 Å². The number of rotatable bonds is 6. The molecule has 12 heteroatoms. The van der Waals surface area contributed by atoms with Crippen LogP contribution in [0.15, 0.2) is 55.0 Å². The van der Waals surface area contributed by atoms with Crippen LogP contribution >= 0.6 is 0 Å². The van der Waals surface area contributed by atoms with E-state index in [1.54, 1.807) is 6.07 Å². The highest BCUT2D eigenvalue weighted by atomic mass is 19.4. The highest BCUT2D eigenvalue weighted by Gasteiger charge is 2.35. The van der Waals surface area contributed by atoms with Crippen molar-refractivity contribution in [2.45, 2.75) is 25.6 Å². The fourth-order valence-corrected chi connectivity index (χ4v) is 4.62. The molecule has 0 spiro atoms. The van der Waals surface area contributed by atoms with Crippen molar-refractivity contribution >= 4 is 22.9 Å². The van der Waals surface area contributed by atoms with Crippen LogP contribution in [-0.4, -0.2) is 49.6 Å². The number of carbonyl (C=O) groups excluding carboxylic acids is 1. The van der Waals surface area contributed by atoms with Gasteiger partial charge in [-0.15, -0.1) is 0 Å². The van der Waals surface area contributed by atoms with Crippen LogP contribution in [0.4, 0.5) is 18.0 Å². The Labute approximate surface area is 214 Å². The van der Waals surface area contributed by atoms with E-state index in [-0.39, 0.29) is 39.2 Å². The largest absolute Gasteiger partial charge is 0.464 e. The molecule has 0 atom stereocenters. The third-order valence-electron chi connectivity index (χ3n) is 6.39. The molecule has 0 unspecified atom stereocenters. The Morgan fingerprint density at radius 2 is 1.79 bits per heavy atom. The van der Waals surface area contributed by atoms with E-state index in [4.69, 9.17) is 10.5 Å². The molecule has 0 bridgehead atoms. The smallest absolute Gasteiger partial charge is 0.417 e. The summed E-state index contributed by atoms with van der Waals surface area (Å²) in [4.78, 5) is 34.1. The Bertz CT molecular complexity index is 1540. The average Bonchev–Trinajstić information content (AvgIpc) is 3.51. The highest BCUT2D eigenvalue weighted by molar-refractivity contribution is 6.02. The van der Waals surface area contributed by atoms with Crippen molar-refractivity contribution in [3.63, 3.8) is 0 Å². The first-order chi connectivity index (χ1) is 18.1. The monoisotopic (exact) mass is 525 g/mol. The van der Waals surface area contributed by atoms with Crippen molar-refractivity contribution in [2.75, 3.05) is 13.1 Å². The minimum absolute atomic E-state index is 0.00592. The van der Waals surface area contributed by atoms with Gasteiger partial charge in [-0.1, -0.05) is 6.07 Å². The maximum atomic E-state index is 14.0. The molecule has 1 aliphatic heterocycles. The van der Waals surface area contributed by atoms with Gasteiger partial charge in [-0.25, -0.2) is 14.8 Å². The number of nitrogens with zero attached hydrogens (tertiary/aromatic N) is 4. The first kappa shape index (κ1) is 25.2.